The number of carbonyl (C=O) groups is 1. The van der Waals surface area contributed by atoms with Crippen LogP contribution in [0.25, 0.3) is 5.65 Å². The third kappa shape index (κ3) is 3.61. The molecule has 2 aromatic rings. The van der Waals surface area contributed by atoms with Gasteiger partial charge in [-0.25, -0.2) is 4.98 Å². The first-order chi connectivity index (χ1) is 10.2. The third-order valence-electron chi connectivity index (χ3n) is 3.79. The Morgan fingerprint density at radius 2 is 2.14 bits per heavy atom. The molecule has 1 N–H and O–H groups in total. The van der Waals surface area contributed by atoms with Crippen molar-refractivity contribution in [2.24, 2.45) is 0 Å². The molecule has 0 bridgehead atoms. The Bertz CT molecular complexity index is 557. The lowest BCUT2D eigenvalue weighted by Crippen LogP contribution is -2.42. The largest absolute Gasteiger partial charge is 0.395 e. The summed E-state index contributed by atoms with van der Waals surface area (Å²) >= 11 is 0. The number of nitrogens with zero attached hydrogens (tertiary/aromatic N) is 3. The second-order valence-electron chi connectivity index (χ2n) is 5.16. The van der Waals surface area contributed by atoms with E-state index in [1.165, 1.54) is 0 Å². The summed E-state index contributed by atoms with van der Waals surface area (Å²) in [5.41, 5.74) is 1.61. The highest BCUT2D eigenvalue weighted by Crippen LogP contribution is 2.12. The van der Waals surface area contributed by atoms with Gasteiger partial charge in [0.05, 0.1) is 18.7 Å². The number of pyridine rings is 1. The van der Waals surface area contributed by atoms with Crippen molar-refractivity contribution in [2.75, 3.05) is 13.2 Å². The van der Waals surface area contributed by atoms with E-state index >= 15 is 0 Å². The fraction of sp³-hybridized carbons (Fsp3) is 0.500. The molecule has 5 heteroatoms. The maximum absolute atomic E-state index is 12.5. The van der Waals surface area contributed by atoms with Gasteiger partial charge in [0.2, 0.25) is 5.91 Å². The van der Waals surface area contributed by atoms with Crippen LogP contribution in [0.5, 0.6) is 0 Å². The van der Waals surface area contributed by atoms with Gasteiger partial charge in [0.25, 0.3) is 0 Å². The Labute approximate surface area is 125 Å². The normalized spacial score (nSPS) is 11.2. The minimum atomic E-state index is -0.00654. The lowest BCUT2D eigenvalue weighted by atomic mass is 10.1. The Balaban J connectivity index is 2.13. The summed E-state index contributed by atoms with van der Waals surface area (Å²) in [6, 6.07) is 5.96. The van der Waals surface area contributed by atoms with E-state index in [1.807, 2.05) is 35.0 Å². The van der Waals surface area contributed by atoms with Gasteiger partial charge in [0.1, 0.15) is 5.65 Å². The fourth-order valence-corrected chi connectivity index (χ4v) is 2.68. The predicted octanol–water partition coefficient (Wildman–Crippen LogP) is 1.89. The Morgan fingerprint density at radius 1 is 1.38 bits per heavy atom. The topological polar surface area (TPSA) is 57.8 Å². The zero-order valence-corrected chi connectivity index (χ0v) is 12.7. The molecule has 0 fully saturated rings. The van der Waals surface area contributed by atoms with Gasteiger partial charge in [-0.05, 0) is 25.0 Å². The number of rotatable bonds is 7. The molecule has 0 saturated carbocycles. The number of aliphatic hydroxyl groups excluding tert-OH is 1. The number of aromatic nitrogens is 2. The van der Waals surface area contributed by atoms with Crippen molar-refractivity contribution in [2.45, 2.75) is 39.2 Å². The molecule has 5 nitrogen and oxygen atoms in total. The van der Waals surface area contributed by atoms with Crippen molar-refractivity contribution in [3.05, 3.63) is 36.3 Å². The van der Waals surface area contributed by atoms with E-state index in [0.29, 0.717) is 6.54 Å². The summed E-state index contributed by atoms with van der Waals surface area (Å²) in [6.07, 6.45) is 5.87. The molecule has 0 spiro atoms. The number of hydrogen-bond donors (Lipinski definition) is 1. The van der Waals surface area contributed by atoms with Crippen molar-refractivity contribution >= 4 is 11.6 Å². The highest BCUT2D eigenvalue weighted by molar-refractivity contribution is 5.78. The van der Waals surface area contributed by atoms with Crippen LogP contribution in [0.2, 0.25) is 0 Å². The first-order valence-electron chi connectivity index (χ1n) is 7.52. The summed E-state index contributed by atoms with van der Waals surface area (Å²) in [5, 5.41) is 9.19. The van der Waals surface area contributed by atoms with Gasteiger partial charge in [-0.2, -0.15) is 0 Å². The molecule has 0 atom stereocenters. The van der Waals surface area contributed by atoms with Gasteiger partial charge >= 0.3 is 0 Å². The van der Waals surface area contributed by atoms with Gasteiger partial charge in [-0.3, -0.25) is 4.79 Å². The fourth-order valence-electron chi connectivity index (χ4n) is 2.68. The second-order valence-corrected chi connectivity index (χ2v) is 5.16. The number of hydrogen-bond acceptors (Lipinski definition) is 3. The molecule has 0 unspecified atom stereocenters. The average Bonchev–Trinajstić information content (AvgIpc) is 2.89. The van der Waals surface area contributed by atoms with Gasteiger partial charge in [0.15, 0.2) is 0 Å². The molecule has 114 valence electrons. The Kier molecular flexibility index (Phi) is 5.33. The molecule has 2 heterocycles. The molecule has 1 amide bonds. The lowest BCUT2D eigenvalue weighted by Gasteiger charge is -2.29. The average molecular weight is 289 g/mol. The van der Waals surface area contributed by atoms with Gasteiger partial charge < -0.3 is 14.4 Å². The zero-order chi connectivity index (χ0) is 15.2. The smallest absolute Gasteiger partial charge is 0.228 e. The van der Waals surface area contributed by atoms with Crippen molar-refractivity contribution < 1.29 is 9.90 Å². The SMILES string of the molecule is CCC(CC)N(CCO)C(=O)Cc1cn2ccccc2n1. The highest BCUT2D eigenvalue weighted by atomic mass is 16.3. The minimum absolute atomic E-state index is 0.00654. The Morgan fingerprint density at radius 3 is 2.76 bits per heavy atom. The maximum Gasteiger partial charge on any atom is 0.228 e. The van der Waals surface area contributed by atoms with E-state index in [-0.39, 0.29) is 25.0 Å². The Hall–Kier alpha value is -1.88. The molecule has 2 aromatic heterocycles. The summed E-state index contributed by atoms with van der Waals surface area (Å²) in [6.45, 7) is 4.51. The van der Waals surface area contributed by atoms with Crippen molar-refractivity contribution in [3.8, 4) is 0 Å². The third-order valence-corrected chi connectivity index (χ3v) is 3.79. The van der Waals surface area contributed by atoms with Crippen LogP contribution in [-0.2, 0) is 11.2 Å². The van der Waals surface area contributed by atoms with Crippen LogP contribution in [0.4, 0.5) is 0 Å². The van der Waals surface area contributed by atoms with E-state index in [9.17, 15) is 9.90 Å². The standard InChI is InChI=1S/C16H23N3O2/c1-3-14(4-2)19(9-10-20)16(21)11-13-12-18-8-6-5-7-15(18)17-13/h5-8,12,14,20H,3-4,9-11H2,1-2H3. The number of amides is 1. The number of carbonyl (C=O) groups excluding carboxylic acids is 1. The second kappa shape index (κ2) is 7.22. The first kappa shape index (κ1) is 15.5. The predicted molar refractivity (Wildman–Crippen MR) is 82.1 cm³/mol. The number of aliphatic hydroxyl groups is 1. The summed E-state index contributed by atoms with van der Waals surface area (Å²) in [7, 11) is 0. The molecule has 0 radical (unpaired) electrons. The van der Waals surface area contributed by atoms with Crippen LogP contribution in [0.3, 0.4) is 0 Å². The van der Waals surface area contributed by atoms with Crippen molar-refractivity contribution in [3.63, 3.8) is 0 Å². The summed E-state index contributed by atoms with van der Waals surface area (Å²) in [5.74, 6) is 0.0288. The quantitative estimate of drug-likeness (QED) is 0.847. The molecule has 0 saturated heterocycles. The molecular formula is C16H23N3O2. The van der Waals surface area contributed by atoms with Crippen molar-refractivity contribution in [1.82, 2.24) is 14.3 Å². The molecule has 21 heavy (non-hydrogen) atoms. The molecule has 0 aromatic carbocycles. The van der Waals surface area contributed by atoms with Crippen LogP contribution in [-0.4, -0.2) is 44.5 Å². The van der Waals surface area contributed by atoms with Gasteiger partial charge in [-0.1, -0.05) is 19.9 Å². The van der Waals surface area contributed by atoms with E-state index in [0.717, 1.165) is 24.2 Å². The van der Waals surface area contributed by atoms with Crippen LogP contribution in [0.1, 0.15) is 32.4 Å². The van der Waals surface area contributed by atoms with Crippen LogP contribution >= 0.6 is 0 Å². The number of imidazole rings is 1. The maximum atomic E-state index is 12.5. The van der Waals surface area contributed by atoms with Gasteiger partial charge in [-0.15, -0.1) is 0 Å². The molecule has 0 aliphatic heterocycles. The highest BCUT2D eigenvalue weighted by Gasteiger charge is 2.21. The van der Waals surface area contributed by atoms with Crippen LogP contribution < -0.4 is 0 Å². The van der Waals surface area contributed by atoms with Gasteiger partial charge in [0, 0.05) is 25.0 Å². The lowest BCUT2D eigenvalue weighted by molar-refractivity contribution is -0.133. The number of fused-ring (bicyclic) bond motifs is 1. The van der Waals surface area contributed by atoms with E-state index in [2.05, 4.69) is 18.8 Å². The monoisotopic (exact) mass is 289 g/mol. The van der Waals surface area contributed by atoms with E-state index < -0.39 is 0 Å². The minimum Gasteiger partial charge on any atom is -0.395 e. The molecule has 0 aliphatic carbocycles. The van der Waals surface area contributed by atoms with E-state index in [4.69, 9.17) is 0 Å². The summed E-state index contributed by atoms with van der Waals surface area (Å²) in [4.78, 5) is 18.7. The molecular weight excluding hydrogens is 266 g/mol. The summed E-state index contributed by atoms with van der Waals surface area (Å²) < 4.78 is 1.91. The van der Waals surface area contributed by atoms with E-state index in [1.54, 1.807) is 4.90 Å². The zero-order valence-electron chi connectivity index (χ0n) is 12.7. The van der Waals surface area contributed by atoms with Crippen LogP contribution in [0.15, 0.2) is 30.6 Å². The molecule has 2 rings (SSSR count). The van der Waals surface area contributed by atoms with Crippen molar-refractivity contribution in [1.29, 1.82) is 0 Å². The van der Waals surface area contributed by atoms with Crippen LogP contribution in [0, 0.1) is 0 Å². The molecule has 0 aliphatic rings. The first-order valence-corrected chi connectivity index (χ1v) is 7.52.